The zero-order chi connectivity index (χ0) is 36.0. The van der Waals surface area contributed by atoms with Gasteiger partial charge in [0, 0.05) is 25.3 Å². The average Bonchev–Trinajstić information content (AvgIpc) is 3.63. The van der Waals surface area contributed by atoms with Crippen LogP contribution in [0.25, 0.3) is 10.8 Å². The molecule has 11 N–H and O–H groups in total. The highest BCUT2D eigenvalue weighted by atomic mass is 16.2. The number of hydrogen-bond acceptors (Lipinski definition) is 6. The Bertz CT molecular complexity index is 1280. The fourth-order valence-corrected chi connectivity index (χ4v) is 4.99. The third kappa shape index (κ3) is 23.1. The number of unbranched alkanes of at least 4 members (excludes halogenated alkanes) is 2. The zero-order valence-corrected chi connectivity index (χ0v) is 29.1. The number of rotatable bonds is 13. The van der Waals surface area contributed by atoms with Crippen LogP contribution in [-0.2, 0) is 32.0 Å². The standard InChI is InChI=1S/C20H25NO.C8H11N.C6H14N2O.C3H7NO.CH3NO/c1-15(17-6-2-3-7-17)21-20(22)13-11-16-10-12-18-8-4-5-9-19(18)14-16;9-7-6-8-4-2-1-3-5-8;7-5-3-1-2-4-6(8)9;1-2-3(4)5;2-1-3/h4-5,8-10,12,14-15,17H,2-3,6-7,11,13H2,1H3,(H,21,22);1-5H,6-7,9H2;1-5,7H2,(H2,8,9);2H2,1H3,(H2,4,5);1H,(H2,2,3). The van der Waals surface area contributed by atoms with Crippen molar-refractivity contribution in [3.63, 3.8) is 0 Å². The van der Waals surface area contributed by atoms with Gasteiger partial charge in [0.05, 0.1) is 0 Å². The number of nitrogens with two attached hydrogens (primary N) is 5. The minimum Gasteiger partial charge on any atom is -0.372 e. The fraction of sp³-hybridized carbons (Fsp3) is 0.474. The van der Waals surface area contributed by atoms with Crippen molar-refractivity contribution in [1.82, 2.24) is 5.32 Å². The fourth-order valence-electron chi connectivity index (χ4n) is 4.99. The van der Waals surface area contributed by atoms with Gasteiger partial charge in [-0.15, -0.1) is 0 Å². The largest absolute Gasteiger partial charge is 0.372 e. The lowest BCUT2D eigenvalue weighted by Crippen LogP contribution is -2.37. The van der Waals surface area contributed by atoms with Gasteiger partial charge in [0.2, 0.25) is 24.1 Å². The Morgan fingerprint density at radius 1 is 0.771 bits per heavy atom. The summed E-state index contributed by atoms with van der Waals surface area (Å²) in [6, 6.07) is 25.4. The second-order valence-electron chi connectivity index (χ2n) is 11.6. The molecule has 0 saturated heterocycles. The maximum atomic E-state index is 12.1. The van der Waals surface area contributed by atoms with Gasteiger partial charge in [-0.1, -0.05) is 99.0 Å². The highest BCUT2D eigenvalue weighted by Gasteiger charge is 2.22. The number of amides is 4. The smallest absolute Gasteiger partial charge is 0.220 e. The van der Waals surface area contributed by atoms with Crippen LogP contribution < -0.4 is 34.0 Å². The molecule has 266 valence electrons. The second-order valence-corrected chi connectivity index (χ2v) is 11.6. The first-order valence-electron chi connectivity index (χ1n) is 17.0. The molecule has 1 unspecified atom stereocenters. The van der Waals surface area contributed by atoms with Gasteiger partial charge < -0.3 is 34.0 Å². The molecule has 10 heteroatoms. The monoisotopic (exact) mass is 664 g/mol. The van der Waals surface area contributed by atoms with E-state index in [9.17, 15) is 14.4 Å². The number of hydrogen-bond donors (Lipinski definition) is 6. The van der Waals surface area contributed by atoms with E-state index in [2.05, 4.69) is 78.3 Å². The topological polar surface area (TPSA) is 210 Å². The average molecular weight is 665 g/mol. The Kier molecular flexibility index (Phi) is 26.3. The Labute approximate surface area is 287 Å². The molecular formula is C38H60N6O4. The molecule has 0 aliphatic heterocycles. The molecule has 48 heavy (non-hydrogen) atoms. The number of primary amides is 3. The Balaban J connectivity index is 0.000000703. The molecule has 0 radical (unpaired) electrons. The maximum Gasteiger partial charge on any atom is 0.220 e. The van der Waals surface area contributed by atoms with Gasteiger partial charge in [0.25, 0.3) is 0 Å². The van der Waals surface area contributed by atoms with Gasteiger partial charge >= 0.3 is 0 Å². The van der Waals surface area contributed by atoms with Crippen molar-refractivity contribution in [2.24, 2.45) is 34.6 Å². The number of aryl methyl sites for hydroxylation is 1. The van der Waals surface area contributed by atoms with E-state index in [0.29, 0.717) is 37.8 Å². The van der Waals surface area contributed by atoms with Crippen LogP contribution in [0.3, 0.4) is 0 Å². The molecule has 3 aromatic rings. The van der Waals surface area contributed by atoms with Crippen LogP contribution in [0, 0.1) is 5.92 Å². The molecule has 3 aromatic carbocycles. The summed E-state index contributed by atoms with van der Waals surface area (Å²) < 4.78 is 0. The van der Waals surface area contributed by atoms with Crippen molar-refractivity contribution in [3.05, 3.63) is 83.9 Å². The molecule has 1 atom stereocenters. The molecule has 1 fully saturated rings. The zero-order valence-electron chi connectivity index (χ0n) is 29.1. The number of nitrogens with one attached hydrogen (secondary N) is 1. The maximum absolute atomic E-state index is 12.1. The summed E-state index contributed by atoms with van der Waals surface area (Å²) in [4.78, 5) is 40.5. The molecule has 4 amide bonds. The van der Waals surface area contributed by atoms with Gasteiger partial charge in [0.1, 0.15) is 0 Å². The first-order chi connectivity index (χ1) is 23.1. The summed E-state index contributed by atoms with van der Waals surface area (Å²) in [6.07, 6.45) is 11.6. The summed E-state index contributed by atoms with van der Waals surface area (Å²) in [5, 5.41) is 5.70. The van der Waals surface area contributed by atoms with Gasteiger partial charge in [-0.25, -0.2) is 0 Å². The van der Waals surface area contributed by atoms with E-state index in [1.165, 1.54) is 47.6 Å². The van der Waals surface area contributed by atoms with E-state index >= 15 is 0 Å². The first-order valence-corrected chi connectivity index (χ1v) is 17.0. The van der Waals surface area contributed by atoms with Crippen LogP contribution in [0.5, 0.6) is 0 Å². The van der Waals surface area contributed by atoms with Crippen LogP contribution in [0.15, 0.2) is 72.8 Å². The van der Waals surface area contributed by atoms with Crippen molar-refractivity contribution in [2.45, 2.75) is 96.9 Å². The van der Waals surface area contributed by atoms with Crippen LogP contribution in [0.1, 0.15) is 89.2 Å². The molecule has 0 bridgehead atoms. The third-order valence-corrected chi connectivity index (χ3v) is 7.70. The molecule has 0 heterocycles. The third-order valence-electron chi connectivity index (χ3n) is 7.70. The van der Waals surface area contributed by atoms with E-state index in [4.69, 9.17) is 22.0 Å². The summed E-state index contributed by atoms with van der Waals surface area (Å²) in [7, 11) is 0. The Morgan fingerprint density at radius 2 is 1.35 bits per heavy atom. The van der Waals surface area contributed by atoms with Gasteiger partial charge in [-0.3, -0.25) is 19.2 Å². The number of carbonyl (C=O) groups excluding carboxylic acids is 4. The van der Waals surface area contributed by atoms with Gasteiger partial charge in [-0.05, 0) is 86.4 Å². The predicted molar refractivity (Wildman–Crippen MR) is 197 cm³/mol. The van der Waals surface area contributed by atoms with E-state index in [-0.39, 0.29) is 24.1 Å². The summed E-state index contributed by atoms with van der Waals surface area (Å²) >= 11 is 0. The van der Waals surface area contributed by atoms with Crippen molar-refractivity contribution in [3.8, 4) is 0 Å². The molecule has 0 aromatic heterocycles. The van der Waals surface area contributed by atoms with Crippen LogP contribution in [0.4, 0.5) is 0 Å². The lowest BCUT2D eigenvalue weighted by Gasteiger charge is -2.20. The van der Waals surface area contributed by atoms with Gasteiger partial charge in [0.15, 0.2) is 0 Å². The lowest BCUT2D eigenvalue weighted by molar-refractivity contribution is -0.122. The highest BCUT2D eigenvalue weighted by Crippen LogP contribution is 2.27. The van der Waals surface area contributed by atoms with Crippen LogP contribution >= 0.6 is 0 Å². The van der Waals surface area contributed by atoms with Crippen LogP contribution in [-0.4, -0.2) is 43.3 Å². The Hall–Kier alpha value is -4.28. The molecule has 0 spiro atoms. The van der Waals surface area contributed by atoms with Crippen molar-refractivity contribution < 1.29 is 19.2 Å². The lowest BCUT2D eigenvalue weighted by atomic mass is 9.99. The quantitative estimate of drug-likeness (QED) is 0.113. The molecule has 10 nitrogen and oxygen atoms in total. The summed E-state index contributed by atoms with van der Waals surface area (Å²) in [5.74, 6) is 0.411. The molecule has 1 aliphatic rings. The minimum absolute atomic E-state index is 0.188. The van der Waals surface area contributed by atoms with Crippen molar-refractivity contribution >= 4 is 34.9 Å². The Morgan fingerprint density at radius 3 is 1.90 bits per heavy atom. The molecule has 4 rings (SSSR count). The van der Waals surface area contributed by atoms with E-state index in [1.807, 2.05) is 18.2 Å². The minimum atomic E-state index is -0.245. The normalized spacial score (nSPS) is 12.2. The van der Waals surface area contributed by atoms with E-state index in [1.54, 1.807) is 6.92 Å². The number of fused-ring (bicyclic) bond motifs is 1. The van der Waals surface area contributed by atoms with Crippen LogP contribution in [0.2, 0.25) is 0 Å². The van der Waals surface area contributed by atoms with E-state index < -0.39 is 0 Å². The SMILES string of the molecule is CC(NC(=O)CCc1ccc2ccccc2c1)C1CCCC1.CCC(N)=O.NC=O.NCCCCCC(N)=O.NCCc1ccccc1. The summed E-state index contributed by atoms with van der Waals surface area (Å²) in [6.45, 7) is 5.33. The molecular weight excluding hydrogens is 604 g/mol. The first kappa shape index (κ1) is 43.7. The number of carbonyl (C=O) groups is 4. The van der Waals surface area contributed by atoms with Crippen molar-refractivity contribution in [2.75, 3.05) is 13.1 Å². The molecule has 1 aliphatic carbocycles. The second kappa shape index (κ2) is 28.9. The number of benzene rings is 3. The highest BCUT2D eigenvalue weighted by molar-refractivity contribution is 5.83. The summed E-state index contributed by atoms with van der Waals surface area (Å²) in [5.41, 5.74) is 26.9. The molecule has 1 saturated carbocycles. The van der Waals surface area contributed by atoms with Gasteiger partial charge in [-0.2, -0.15) is 0 Å². The predicted octanol–water partition coefficient (Wildman–Crippen LogP) is 4.63. The van der Waals surface area contributed by atoms with E-state index in [0.717, 1.165) is 38.6 Å². The van der Waals surface area contributed by atoms with Crippen molar-refractivity contribution in [1.29, 1.82) is 0 Å².